The summed E-state index contributed by atoms with van der Waals surface area (Å²) in [6.07, 6.45) is 6.55. The third-order valence-corrected chi connectivity index (χ3v) is 5.19. The van der Waals surface area contributed by atoms with Gasteiger partial charge in [0.05, 0.1) is 5.56 Å². The Kier molecular flexibility index (Phi) is 6.89. The highest BCUT2D eigenvalue weighted by atomic mass is 16.1. The molecule has 1 aliphatic heterocycles. The Balaban J connectivity index is 1.58. The van der Waals surface area contributed by atoms with Gasteiger partial charge in [-0.05, 0) is 49.4 Å². The van der Waals surface area contributed by atoms with E-state index in [1.165, 1.54) is 0 Å². The van der Waals surface area contributed by atoms with Crippen molar-refractivity contribution in [3.63, 3.8) is 0 Å². The van der Waals surface area contributed by atoms with E-state index in [0.29, 0.717) is 11.8 Å². The van der Waals surface area contributed by atoms with Crippen LogP contribution in [0.3, 0.4) is 0 Å². The van der Waals surface area contributed by atoms with Crippen LogP contribution in [0.15, 0.2) is 30.6 Å². The number of H-pyrrole nitrogens is 1. The molecule has 3 rings (SSSR count). The lowest BCUT2D eigenvalue weighted by Gasteiger charge is -2.28. The molecule has 1 aliphatic rings. The van der Waals surface area contributed by atoms with Gasteiger partial charge >= 0.3 is 0 Å². The predicted molar refractivity (Wildman–Crippen MR) is 114 cm³/mol. The summed E-state index contributed by atoms with van der Waals surface area (Å²) in [6.45, 7) is 12.5. The van der Waals surface area contributed by atoms with Gasteiger partial charge in [0.15, 0.2) is 0 Å². The highest BCUT2D eigenvalue weighted by Crippen LogP contribution is 2.25. The molecule has 5 heteroatoms. The number of hydrogen-bond donors (Lipinski definition) is 2. The summed E-state index contributed by atoms with van der Waals surface area (Å²) in [5, 5.41) is 3.20. The summed E-state index contributed by atoms with van der Waals surface area (Å²) in [5.41, 5.74) is 3.89. The largest absolute Gasteiger partial charge is 0.358 e. The van der Waals surface area contributed by atoms with Gasteiger partial charge in [0.25, 0.3) is 5.91 Å². The zero-order valence-corrected chi connectivity index (χ0v) is 17.7. The molecule has 152 valence electrons. The van der Waals surface area contributed by atoms with E-state index in [0.717, 1.165) is 61.4 Å². The molecule has 3 heterocycles. The topological polar surface area (TPSA) is 61.0 Å². The molecule has 2 aromatic heterocycles. The van der Waals surface area contributed by atoms with Gasteiger partial charge in [-0.1, -0.05) is 27.7 Å². The number of pyridine rings is 1. The quantitative estimate of drug-likeness (QED) is 0.686. The average Bonchev–Trinajstić information content (AvgIpc) is 3.06. The van der Waals surface area contributed by atoms with Crippen molar-refractivity contribution < 1.29 is 4.79 Å². The first-order chi connectivity index (χ1) is 13.4. The van der Waals surface area contributed by atoms with Gasteiger partial charge < -0.3 is 15.2 Å². The smallest absolute Gasteiger partial charge is 0.253 e. The van der Waals surface area contributed by atoms with E-state index in [2.05, 4.69) is 47.9 Å². The van der Waals surface area contributed by atoms with Crippen molar-refractivity contribution in [1.82, 2.24) is 20.2 Å². The minimum Gasteiger partial charge on any atom is -0.358 e. The van der Waals surface area contributed by atoms with Gasteiger partial charge in [-0.15, -0.1) is 0 Å². The molecule has 1 atom stereocenters. The van der Waals surface area contributed by atoms with Crippen molar-refractivity contribution in [2.24, 2.45) is 11.8 Å². The summed E-state index contributed by atoms with van der Waals surface area (Å²) in [6, 6.07) is 6.10. The van der Waals surface area contributed by atoms with Gasteiger partial charge in [-0.3, -0.25) is 9.78 Å². The molecule has 0 saturated carbocycles. The average molecular weight is 383 g/mol. The van der Waals surface area contributed by atoms with Crippen molar-refractivity contribution in [3.8, 4) is 11.3 Å². The van der Waals surface area contributed by atoms with Gasteiger partial charge in [0, 0.05) is 54.9 Å². The molecular formula is C23H34N4O. The lowest BCUT2D eigenvalue weighted by Crippen LogP contribution is -2.41. The summed E-state index contributed by atoms with van der Waals surface area (Å²) in [5.74, 6) is 1.41. The molecule has 0 spiro atoms. The third-order valence-electron chi connectivity index (χ3n) is 5.19. The molecule has 28 heavy (non-hydrogen) atoms. The summed E-state index contributed by atoms with van der Waals surface area (Å²) < 4.78 is 0. The second-order valence-electron chi connectivity index (χ2n) is 8.88. The van der Waals surface area contributed by atoms with Gasteiger partial charge in [0.1, 0.15) is 0 Å². The second-order valence-corrected chi connectivity index (χ2v) is 8.88. The third kappa shape index (κ3) is 5.44. The van der Waals surface area contributed by atoms with E-state index in [1.807, 2.05) is 18.2 Å². The fraction of sp³-hybridized carbons (Fsp3) is 0.565. The molecule has 1 unspecified atom stereocenters. The maximum atomic E-state index is 12.6. The molecule has 0 aromatic carbocycles. The Hall–Kier alpha value is -2.14. The second kappa shape index (κ2) is 9.37. The summed E-state index contributed by atoms with van der Waals surface area (Å²) >= 11 is 0. The van der Waals surface area contributed by atoms with Crippen LogP contribution in [0, 0.1) is 11.8 Å². The standard InChI is InChI=1S/C23H34N4O/c1-16(2)14-27(15-17(3)4)11-5-6-19-12-22-20(23(28)25-19)13-21(26-22)18-7-9-24-10-8-18/h7-10,13,16-17,19,26H,5-6,11-12,14-15H2,1-4H3,(H,25,28). The molecule has 0 saturated heterocycles. The van der Waals surface area contributed by atoms with Gasteiger partial charge in [-0.2, -0.15) is 0 Å². The molecule has 2 N–H and O–H groups in total. The molecular weight excluding hydrogens is 348 g/mol. The Morgan fingerprint density at radius 2 is 1.82 bits per heavy atom. The molecule has 2 aromatic rings. The number of fused-ring (bicyclic) bond motifs is 1. The Bertz CT molecular complexity index is 756. The van der Waals surface area contributed by atoms with Crippen LogP contribution in [-0.4, -0.2) is 46.5 Å². The van der Waals surface area contributed by atoms with Crippen LogP contribution in [0.5, 0.6) is 0 Å². The fourth-order valence-corrected chi connectivity index (χ4v) is 4.13. The number of hydrogen-bond acceptors (Lipinski definition) is 3. The van der Waals surface area contributed by atoms with Crippen molar-refractivity contribution in [2.75, 3.05) is 19.6 Å². The highest BCUT2D eigenvalue weighted by Gasteiger charge is 2.26. The normalized spacial score (nSPS) is 16.7. The number of nitrogens with zero attached hydrogens (tertiary/aromatic N) is 2. The van der Waals surface area contributed by atoms with E-state index in [4.69, 9.17) is 0 Å². The summed E-state index contributed by atoms with van der Waals surface area (Å²) in [7, 11) is 0. The van der Waals surface area contributed by atoms with Crippen LogP contribution in [0.25, 0.3) is 11.3 Å². The number of amides is 1. The van der Waals surface area contributed by atoms with E-state index < -0.39 is 0 Å². The minimum atomic E-state index is 0.0454. The van der Waals surface area contributed by atoms with Crippen molar-refractivity contribution >= 4 is 5.91 Å². The number of carbonyl (C=O) groups excluding carboxylic acids is 1. The van der Waals surface area contributed by atoms with E-state index in [9.17, 15) is 4.79 Å². The first-order valence-electron chi connectivity index (χ1n) is 10.6. The van der Waals surface area contributed by atoms with Crippen molar-refractivity contribution in [1.29, 1.82) is 0 Å². The fourth-order valence-electron chi connectivity index (χ4n) is 4.13. The lowest BCUT2D eigenvalue weighted by atomic mass is 9.98. The van der Waals surface area contributed by atoms with Crippen molar-refractivity contribution in [3.05, 3.63) is 41.9 Å². The molecule has 0 aliphatic carbocycles. The summed E-state index contributed by atoms with van der Waals surface area (Å²) in [4.78, 5) is 22.7. The molecule has 1 amide bonds. The molecule has 0 bridgehead atoms. The molecule has 0 radical (unpaired) electrons. The number of carbonyl (C=O) groups is 1. The van der Waals surface area contributed by atoms with E-state index in [1.54, 1.807) is 12.4 Å². The maximum absolute atomic E-state index is 12.6. The van der Waals surface area contributed by atoms with Crippen LogP contribution < -0.4 is 5.32 Å². The van der Waals surface area contributed by atoms with Crippen LogP contribution in [-0.2, 0) is 6.42 Å². The first-order valence-corrected chi connectivity index (χ1v) is 10.6. The van der Waals surface area contributed by atoms with E-state index >= 15 is 0 Å². The van der Waals surface area contributed by atoms with Crippen LogP contribution in [0.4, 0.5) is 0 Å². The number of nitrogens with one attached hydrogen (secondary N) is 2. The lowest BCUT2D eigenvalue weighted by molar-refractivity contribution is 0.0921. The maximum Gasteiger partial charge on any atom is 0.253 e. The Labute approximate surface area is 168 Å². The Morgan fingerprint density at radius 1 is 1.14 bits per heavy atom. The number of aromatic nitrogens is 2. The zero-order chi connectivity index (χ0) is 20.1. The SMILES string of the molecule is CC(C)CN(CCCC1Cc2[nH]c(-c3ccncc3)cc2C(=O)N1)CC(C)C. The van der Waals surface area contributed by atoms with Crippen LogP contribution in [0.2, 0.25) is 0 Å². The first kappa shape index (κ1) is 20.6. The molecule has 5 nitrogen and oxygen atoms in total. The van der Waals surface area contributed by atoms with Gasteiger partial charge in [-0.25, -0.2) is 0 Å². The monoisotopic (exact) mass is 382 g/mol. The van der Waals surface area contributed by atoms with Crippen LogP contribution >= 0.6 is 0 Å². The molecule has 0 fully saturated rings. The predicted octanol–water partition coefficient (Wildman–Crippen LogP) is 4.13. The van der Waals surface area contributed by atoms with Gasteiger partial charge in [0.2, 0.25) is 0 Å². The number of rotatable bonds is 9. The zero-order valence-electron chi connectivity index (χ0n) is 17.7. The van der Waals surface area contributed by atoms with Crippen LogP contribution in [0.1, 0.15) is 56.6 Å². The Morgan fingerprint density at radius 3 is 2.46 bits per heavy atom. The van der Waals surface area contributed by atoms with Crippen molar-refractivity contribution in [2.45, 2.75) is 53.0 Å². The highest BCUT2D eigenvalue weighted by molar-refractivity contribution is 5.98. The minimum absolute atomic E-state index is 0.0454. The number of aromatic amines is 1. The van der Waals surface area contributed by atoms with E-state index in [-0.39, 0.29) is 11.9 Å².